The molecule has 2 amide bonds. The van der Waals surface area contributed by atoms with Crippen molar-refractivity contribution in [2.24, 2.45) is 0 Å². The minimum Gasteiger partial charge on any atom is -0.497 e. The first-order valence-electron chi connectivity index (χ1n) is 7.97. The molecule has 0 radical (unpaired) electrons. The van der Waals surface area contributed by atoms with Gasteiger partial charge in [-0.25, -0.2) is 4.79 Å². The zero-order valence-corrected chi connectivity index (χ0v) is 13.6. The number of methoxy groups -OCH3 is 1. The first-order valence-corrected chi connectivity index (χ1v) is 7.97. The summed E-state index contributed by atoms with van der Waals surface area (Å²) < 4.78 is 5.22. The molecule has 0 aromatic heterocycles. The van der Waals surface area contributed by atoms with Crippen molar-refractivity contribution in [2.75, 3.05) is 18.6 Å². The van der Waals surface area contributed by atoms with E-state index >= 15 is 0 Å². The van der Waals surface area contributed by atoms with Crippen LogP contribution in [0.5, 0.6) is 5.75 Å². The van der Waals surface area contributed by atoms with Crippen molar-refractivity contribution < 1.29 is 9.53 Å². The van der Waals surface area contributed by atoms with Crippen LogP contribution in [0.25, 0.3) is 0 Å². The summed E-state index contributed by atoms with van der Waals surface area (Å²) in [6.45, 7) is 2.69. The number of amides is 2. The van der Waals surface area contributed by atoms with Gasteiger partial charge >= 0.3 is 6.03 Å². The third-order valence-corrected chi connectivity index (χ3v) is 4.25. The van der Waals surface area contributed by atoms with Crippen molar-refractivity contribution in [3.8, 4) is 5.75 Å². The van der Waals surface area contributed by atoms with Gasteiger partial charge in [-0.3, -0.25) is 4.90 Å². The molecule has 0 bridgehead atoms. The molecule has 3 rings (SSSR count). The Kier molecular flexibility index (Phi) is 4.51. The summed E-state index contributed by atoms with van der Waals surface area (Å²) in [5.41, 5.74) is 3.42. The highest BCUT2D eigenvalue weighted by Gasteiger charge is 2.30. The van der Waals surface area contributed by atoms with Gasteiger partial charge in [0.2, 0.25) is 0 Å². The summed E-state index contributed by atoms with van der Waals surface area (Å²) in [7, 11) is 1.66. The Labute approximate surface area is 137 Å². The van der Waals surface area contributed by atoms with Gasteiger partial charge in [0, 0.05) is 18.3 Å². The van der Waals surface area contributed by atoms with Gasteiger partial charge in [-0.05, 0) is 49.1 Å². The number of nitrogens with zero attached hydrogens (tertiary/aromatic N) is 1. The van der Waals surface area contributed by atoms with E-state index in [1.165, 1.54) is 5.56 Å². The van der Waals surface area contributed by atoms with E-state index in [1.54, 1.807) is 7.11 Å². The lowest BCUT2D eigenvalue weighted by Gasteiger charge is -2.23. The van der Waals surface area contributed by atoms with Crippen LogP contribution in [-0.4, -0.2) is 25.7 Å². The summed E-state index contributed by atoms with van der Waals surface area (Å²) in [4.78, 5) is 14.4. The van der Waals surface area contributed by atoms with E-state index in [9.17, 15) is 4.79 Å². The van der Waals surface area contributed by atoms with Gasteiger partial charge in [0.25, 0.3) is 0 Å². The van der Waals surface area contributed by atoms with Gasteiger partial charge in [-0.1, -0.05) is 30.3 Å². The minimum atomic E-state index is -0.0228. The summed E-state index contributed by atoms with van der Waals surface area (Å²) in [5, 5.41) is 3.03. The van der Waals surface area contributed by atoms with Gasteiger partial charge in [0.05, 0.1) is 7.11 Å². The largest absolute Gasteiger partial charge is 0.497 e. The van der Waals surface area contributed by atoms with E-state index in [0.717, 1.165) is 29.8 Å². The summed E-state index contributed by atoms with van der Waals surface area (Å²) in [6.07, 6.45) is 1.70. The molecule has 1 aliphatic heterocycles. The Balaban J connectivity index is 1.59. The third kappa shape index (κ3) is 3.31. The number of anilines is 1. The summed E-state index contributed by atoms with van der Waals surface area (Å²) in [6, 6.07) is 16.2. The van der Waals surface area contributed by atoms with Gasteiger partial charge < -0.3 is 10.1 Å². The molecular formula is C19H22N2O2. The molecule has 4 nitrogen and oxygen atoms in total. The number of hydrogen-bond acceptors (Lipinski definition) is 2. The SMILES string of the molecule is COc1cccc(CCNC(=O)N2c3ccccc3CC2C)c1. The molecule has 0 fully saturated rings. The van der Waals surface area contributed by atoms with Crippen LogP contribution in [0, 0.1) is 0 Å². The van der Waals surface area contributed by atoms with Crippen LogP contribution in [0.3, 0.4) is 0 Å². The maximum Gasteiger partial charge on any atom is 0.322 e. The van der Waals surface area contributed by atoms with Gasteiger partial charge in [0.15, 0.2) is 0 Å². The molecule has 4 heteroatoms. The van der Waals surface area contributed by atoms with Crippen LogP contribution >= 0.6 is 0 Å². The zero-order valence-electron chi connectivity index (χ0n) is 13.6. The number of ether oxygens (including phenoxy) is 1. The van der Waals surface area contributed by atoms with Crippen molar-refractivity contribution in [2.45, 2.75) is 25.8 Å². The molecule has 0 aliphatic carbocycles. The second kappa shape index (κ2) is 6.73. The maximum absolute atomic E-state index is 12.5. The number of urea groups is 1. The van der Waals surface area contributed by atoms with Gasteiger partial charge in [-0.15, -0.1) is 0 Å². The number of nitrogens with one attached hydrogen (secondary N) is 1. The highest BCUT2D eigenvalue weighted by molar-refractivity contribution is 5.94. The molecule has 1 N–H and O–H groups in total. The van der Waals surface area contributed by atoms with E-state index in [0.29, 0.717) is 6.54 Å². The number of hydrogen-bond donors (Lipinski definition) is 1. The molecular weight excluding hydrogens is 288 g/mol. The fourth-order valence-corrected chi connectivity index (χ4v) is 3.10. The lowest BCUT2D eigenvalue weighted by Crippen LogP contribution is -2.43. The average molecular weight is 310 g/mol. The molecule has 0 saturated heterocycles. The van der Waals surface area contributed by atoms with Crippen molar-refractivity contribution in [1.29, 1.82) is 0 Å². The lowest BCUT2D eigenvalue weighted by molar-refractivity contribution is 0.245. The molecule has 1 unspecified atom stereocenters. The van der Waals surface area contributed by atoms with Crippen LogP contribution in [-0.2, 0) is 12.8 Å². The van der Waals surface area contributed by atoms with Crippen LogP contribution in [0.2, 0.25) is 0 Å². The molecule has 2 aromatic carbocycles. The topological polar surface area (TPSA) is 41.6 Å². The first-order chi connectivity index (χ1) is 11.2. The average Bonchev–Trinajstić information content (AvgIpc) is 2.90. The van der Waals surface area contributed by atoms with Crippen LogP contribution in [0.4, 0.5) is 10.5 Å². The summed E-state index contributed by atoms with van der Waals surface area (Å²) in [5.74, 6) is 0.843. The number of fused-ring (bicyclic) bond motifs is 1. The van der Waals surface area contributed by atoms with Crippen LogP contribution in [0.15, 0.2) is 48.5 Å². The van der Waals surface area contributed by atoms with Crippen molar-refractivity contribution >= 4 is 11.7 Å². The smallest absolute Gasteiger partial charge is 0.322 e. The van der Waals surface area contributed by atoms with E-state index in [1.807, 2.05) is 47.4 Å². The Bertz CT molecular complexity index is 699. The quantitative estimate of drug-likeness (QED) is 0.940. The van der Waals surface area contributed by atoms with Crippen molar-refractivity contribution in [3.05, 3.63) is 59.7 Å². The summed E-state index contributed by atoms with van der Waals surface area (Å²) >= 11 is 0. The molecule has 0 saturated carbocycles. The molecule has 2 aromatic rings. The molecule has 1 atom stereocenters. The number of benzene rings is 2. The predicted molar refractivity (Wildman–Crippen MR) is 92.2 cm³/mol. The predicted octanol–water partition coefficient (Wildman–Crippen LogP) is 3.40. The fourth-order valence-electron chi connectivity index (χ4n) is 3.10. The maximum atomic E-state index is 12.5. The van der Waals surface area contributed by atoms with Crippen molar-refractivity contribution in [3.63, 3.8) is 0 Å². The third-order valence-electron chi connectivity index (χ3n) is 4.25. The molecule has 0 spiro atoms. The standard InChI is InChI=1S/C19H22N2O2/c1-14-12-16-7-3-4-9-18(16)21(14)19(22)20-11-10-15-6-5-8-17(13-15)23-2/h3-9,13-14H,10-12H2,1-2H3,(H,20,22). The second-order valence-electron chi connectivity index (χ2n) is 5.89. The zero-order chi connectivity index (χ0) is 16.2. The number of para-hydroxylation sites is 1. The second-order valence-corrected chi connectivity index (χ2v) is 5.89. The van der Waals surface area contributed by atoms with E-state index in [4.69, 9.17) is 4.74 Å². The molecule has 120 valence electrons. The van der Waals surface area contributed by atoms with Crippen molar-refractivity contribution in [1.82, 2.24) is 5.32 Å². The van der Waals surface area contributed by atoms with Gasteiger partial charge in [-0.2, -0.15) is 0 Å². The molecule has 1 aliphatic rings. The highest BCUT2D eigenvalue weighted by atomic mass is 16.5. The van der Waals surface area contributed by atoms with Gasteiger partial charge in [0.1, 0.15) is 5.75 Å². The number of carbonyl (C=O) groups is 1. The lowest BCUT2D eigenvalue weighted by atomic mass is 10.1. The van der Waals surface area contributed by atoms with E-state index in [2.05, 4.69) is 18.3 Å². The minimum absolute atomic E-state index is 0.0228. The Morgan fingerprint density at radius 3 is 2.91 bits per heavy atom. The van der Waals surface area contributed by atoms with Crippen LogP contribution in [0.1, 0.15) is 18.1 Å². The number of carbonyl (C=O) groups excluding carboxylic acids is 1. The van der Waals surface area contributed by atoms with E-state index in [-0.39, 0.29) is 12.1 Å². The molecule has 1 heterocycles. The fraction of sp³-hybridized carbons (Fsp3) is 0.316. The Hall–Kier alpha value is -2.49. The monoisotopic (exact) mass is 310 g/mol. The Morgan fingerprint density at radius 1 is 1.26 bits per heavy atom. The normalized spacial score (nSPS) is 16.1. The van der Waals surface area contributed by atoms with Crippen LogP contribution < -0.4 is 15.0 Å². The number of rotatable bonds is 4. The van der Waals surface area contributed by atoms with E-state index < -0.39 is 0 Å². The first kappa shape index (κ1) is 15.4. The molecule has 23 heavy (non-hydrogen) atoms. The highest BCUT2D eigenvalue weighted by Crippen LogP contribution is 2.31. The Morgan fingerprint density at radius 2 is 2.09 bits per heavy atom.